The largest absolute Gasteiger partial charge is 0.465 e. The number of benzene rings is 1. The maximum absolute atomic E-state index is 12.4. The van der Waals surface area contributed by atoms with Gasteiger partial charge in [-0.15, -0.1) is 6.42 Å². The van der Waals surface area contributed by atoms with Crippen molar-refractivity contribution >= 4 is 16.0 Å². The van der Waals surface area contributed by atoms with Crippen LogP contribution in [0, 0.1) is 12.3 Å². The molecule has 6 heteroatoms. The SMILES string of the molecule is C#CC(C)(C)N(C)S(=O)(=O)Cc1ccccc1C(=O)OC. The molecule has 0 radical (unpaired) electrons. The molecule has 5 nitrogen and oxygen atoms in total. The highest BCUT2D eigenvalue weighted by molar-refractivity contribution is 7.88. The van der Waals surface area contributed by atoms with Crippen LogP contribution in [-0.4, -0.2) is 38.4 Å². The van der Waals surface area contributed by atoms with E-state index in [4.69, 9.17) is 6.42 Å². The Morgan fingerprint density at radius 1 is 1.38 bits per heavy atom. The van der Waals surface area contributed by atoms with Crippen LogP contribution in [-0.2, 0) is 20.5 Å². The highest BCUT2D eigenvalue weighted by Crippen LogP contribution is 2.21. The molecule has 0 spiro atoms. The zero-order valence-electron chi connectivity index (χ0n) is 12.6. The molecule has 0 N–H and O–H groups in total. The van der Waals surface area contributed by atoms with E-state index in [1.54, 1.807) is 32.0 Å². The summed E-state index contributed by atoms with van der Waals surface area (Å²) in [4.78, 5) is 11.7. The molecule has 114 valence electrons. The second kappa shape index (κ2) is 6.29. The summed E-state index contributed by atoms with van der Waals surface area (Å²) >= 11 is 0. The fourth-order valence-corrected chi connectivity index (χ4v) is 3.27. The van der Waals surface area contributed by atoms with Gasteiger partial charge in [0.2, 0.25) is 10.0 Å². The average Bonchev–Trinajstić information content (AvgIpc) is 2.45. The number of esters is 1. The summed E-state index contributed by atoms with van der Waals surface area (Å²) in [5.41, 5.74) is -0.335. The minimum atomic E-state index is -3.66. The van der Waals surface area contributed by atoms with E-state index >= 15 is 0 Å². The van der Waals surface area contributed by atoms with Crippen LogP contribution in [0.15, 0.2) is 24.3 Å². The van der Waals surface area contributed by atoms with Crippen molar-refractivity contribution in [3.05, 3.63) is 35.4 Å². The van der Waals surface area contributed by atoms with E-state index in [1.165, 1.54) is 20.2 Å². The van der Waals surface area contributed by atoms with Crippen LogP contribution < -0.4 is 0 Å². The molecule has 0 amide bonds. The van der Waals surface area contributed by atoms with Crippen molar-refractivity contribution < 1.29 is 17.9 Å². The number of sulfonamides is 1. The number of carbonyl (C=O) groups excluding carboxylic acids is 1. The highest BCUT2D eigenvalue weighted by atomic mass is 32.2. The van der Waals surface area contributed by atoms with E-state index in [0.29, 0.717) is 5.56 Å². The lowest BCUT2D eigenvalue weighted by atomic mass is 10.1. The minimum Gasteiger partial charge on any atom is -0.465 e. The summed E-state index contributed by atoms with van der Waals surface area (Å²) in [7, 11) is -0.987. The molecule has 0 aromatic heterocycles. The molecule has 0 saturated heterocycles. The molecule has 0 fully saturated rings. The molecule has 1 aromatic rings. The molecule has 0 atom stereocenters. The predicted octanol–water partition coefficient (Wildman–Crippen LogP) is 1.65. The maximum atomic E-state index is 12.4. The van der Waals surface area contributed by atoms with E-state index in [2.05, 4.69) is 10.7 Å². The quantitative estimate of drug-likeness (QED) is 0.613. The van der Waals surface area contributed by atoms with Crippen molar-refractivity contribution in [2.75, 3.05) is 14.2 Å². The first-order valence-electron chi connectivity index (χ1n) is 6.26. The fourth-order valence-electron chi connectivity index (χ4n) is 1.69. The van der Waals surface area contributed by atoms with Crippen molar-refractivity contribution in [2.24, 2.45) is 0 Å². The summed E-state index contributed by atoms with van der Waals surface area (Å²) < 4.78 is 30.7. The third-order valence-electron chi connectivity index (χ3n) is 3.32. The van der Waals surface area contributed by atoms with E-state index in [-0.39, 0.29) is 11.3 Å². The molecule has 0 bridgehead atoms. The summed E-state index contributed by atoms with van der Waals surface area (Å²) in [6.45, 7) is 3.27. The van der Waals surface area contributed by atoms with Gasteiger partial charge in [0.25, 0.3) is 0 Å². The van der Waals surface area contributed by atoms with Gasteiger partial charge in [0.05, 0.1) is 24.0 Å². The van der Waals surface area contributed by atoms with Gasteiger partial charge >= 0.3 is 5.97 Å². The standard InChI is InChI=1S/C15H19NO4S/c1-6-15(2,3)16(4)21(18,19)11-12-9-7-8-10-13(12)14(17)20-5/h1,7-10H,11H2,2-5H3. The molecule has 0 aliphatic rings. The van der Waals surface area contributed by atoms with Gasteiger partial charge in [-0.2, -0.15) is 4.31 Å². The van der Waals surface area contributed by atoms with Crippen LogP contribution in [0.4, 0.5) is 0 Å². The first kappa shape index (κ1) is 17.2. The Bertz CT molecular complexity index is 671. The number of carbonyl (C=O) groups is 1. The zero-order valence-corrected chi connectivity index (χ0v) is 13.4. The summed E-state index contributed by atoms with van der Waals surface area (Å²) in [6, 6.07) is 6.44. The minimum absolute atomic E-state index is 0.232. The number of hydrogen-bond acceptors (Lipinski definition) is 4. The van der Waals surface area contributed by atoms with Gasteiger partial charge in [-0.25, -0.2) is 13.2 Å². The van der Waals surface area contributed by atoms with Gasteiger partial charge in [0, 0.05) is 7.05 Å². The maximum Gasteiger partial charge on any atom is 0.338 e. The molecule has 0 aliphatic heterocycles. The summed E-state index contributed by atoms with van der Waals surface area (Å²) in [5, 5.41) is 0. The Morgan fingerprint density at radius 3 is 2.48 bits per heavy atom. The molecule has 1 aromatic carbocycles. The zero-order chi connectivity index (χ0) is 16.3. The number of methoxy groups -OCH3 is 1. The van der Waals surface area contributed by atoms with Gasteiger partial charge in [-0.1, -0.05) is 24.1 Å². The van der Waals surface area contributed by atoms with Gasteiger partial charge < -0.3 is 4.74 Å². The lowest BCUT2D eigenvalue weighted by molar-refractivity contribution is 0.0600. The molecule has 0 aliphatic carbocycles. The molecule has 1 rings (SSSR count). The monoisotopic (exact) mass is 309 g/mol. The van der Waals surface area contributed by atoms with E-state index in [1.807, 2.05) is 0 Å². The van der Waals surface area contributed by atoms with Gasteiger partial charge in [0.15, 0.2) is 0 Å². The first-order valence-corrected chi connectivity index (χ1v) is 7.87. The van der Waals surface area contributed by atoms with Gasteiger partial charge in [-0.3, -0.25) is 0 Å². The molecular formula is C15H19NO4S. The van der Waals surface area contributed by atoms with E-state index in [0.717, 1.165) is 4.31 Å². The predicted molar refractivity (Wildman–Crippen MR) is 81.1 cm³/mol. The number of rotatable bonds is 5. The molecular weight excluding hydrogens is 290 g/mol. The average molecular weight is 309 g/mol. The Kier molecular flexibility index (Phi) is 5.15. The Hall–Kier alpha value is -1.84. The van der Waals surface area contributed by atoms with E-state index < -0.39 is 21.5 Å². The lowest BCUT2D eigenvalue weighted by Gasteiger charge is -2.30. The number of ether oxygens (including phenoxy) is 1. The Balaban J connectivity index is 3.18. The number of nitrogens with zero attached hydrogens (tertiary/aromatic N) is 1. The molecule has 0 unspecified atom stereocenters. The topological polar surface area (TPSA) is 63.7 Å². The van der Waals surface area contributed by atoms with Crippen LogP contribution >= 0.6 is 0 Å². The molecule has 0 heterocycles. The lowest BCUT2D eigenvalue weighted by Crippen LogP contribution is -2.44. The third kappa shape index (κ3) is 3.84. The third-order valence-corrected chi connectivity index (χ3v) is 5.29. The van der Waals surface area contributed by atoms with Gasteiger partial charge in [0.1, 0.15) is 0 Å². The molecule has 0 saturated carbocycles. The fraction of sp³-hybridized carbons (Fsp3) is 0.400. The van der Waals surface area contributed by atoms with Crippen molar-refractivity contribution in [1.29, 1.82) is 0 Å². The highest BCUT2D eigenvalue weighted by Gasteiger charge is 2.32. The molecule has 21 heavy (non-hydrogen) atoms. The number of hydrogen-bond donors (Lipinski definition) is 0. The summed E-state index contributed by atoms with van der Waals surface area (Å²) in [5.74, 6) is 1.55. The first-order chi connectivity index (χ1) is 9.65. The van der Waals surface area contributed by atoms with Gasteiger partial charge in [-0.05, 0) is 25.5 Å². The van der Waals surface area contributed by atoms with Crippen molar-refractivity contribution in [3.63, 3.8) is 0 Å². The second-order valence-electron chi connectivity index (χ2n) is 5.08. The summed E-state index contributed by atoms with van der Waals surface area (Å²) in [6.07, 6.45) is 5.37. The number of terminal acetylenes is 1. The van der Waals surface area contributed by atoms with E-state index in [9.17, 15) is 13.2 Å². The van der Waals surface area contributed by atoms with Crippen LogP contribution in [0.25, 0.3) is 0 Å². The van der Waals surface area contributed by atoms with Crippen molar-refractivity contribution in [3.8, 4) is 12.3 Å². The van der Waals surface area contributed by atoms with Crippen LogP contribution in [0.1, 0.15) is 29.8 Å². The van der Waals surface area contributed by atoms with Crippen LogP contribution in [0.3, 0.4) is 0 Å². The smallest absolute Gasteiger partial charge is 0.338 e. The normalized spacial score (nSPS) is 12.0. The van der Waals surface area contributed by atoms with Crippen LogP contribution in [0.5, 0.6) is 0 Å². The van der Waals surface area contributed by atoms with Crippen LogP contribution in [0.2, 0.25) is 0 Å². The van der Waals surface area contributed by atoms with Crippen molar-refractivity contribution in [1.82, 2.24) is 4.31 Å². The second-order valence-corrected chi connectivity index (χ2v) is 7.08. The van der Waals surface area contributed by atoms with Crippen molar-refractivity contribution in [2.45, 2.75) is 25.1 Å². The Morgan fingerprint density at radius 2 is 1.95 bits per heavy atom. The Labute approximate surface area is 126 Å².